The van der Waals surface area contributed by atoms with Crippen LogP contribution >= 0.6 is 0 Å². The molecule has 0 unspecified atom stereocenters. The Morgan fingerprint density at radius 1 is 1.23 bits per heavy atom. The lowest BCUT2D eigenvalue weighted by Gasteiger charge is -2.40. The molecule has 0 aromatic heterocycles. The van der Waals surface area contributed by atoms with Crippen molar-refractivity contribution >= 4 is 0 Å². The molecule has 0 saturated carbocycles. The molecule has 1 heterocycles. The lowest BCUT2D eigenvalue weighted by atomic mass is 9.81. The van der Waals surface area contributed by atoms with Gasteiger partial charge in [-0.1, -0.05) is 13.8 Å². The minimum atomic E-state index is -0.00917. The molecule has 2 N–H and O–H groups in total. The third-order valence-electron chi connectivity index (χ3n) is 2.41. The van der Waals surface area contributed by atoms with Crippen LogP contribution in [0.1, 0.15) is 34.1 Å². The summed E-state index contributed by atoms with van der Waals surface area (Å²) in [7, 11) is 0. The Morgan fingerprint density at radius 2 is 1.85 bits per heavy atom. The largest absolute Gasteiger partial charge is 0.374 e. The summed E-state index contributed by atoms with van der Waals surface area (Å²) >= 11 is 0. The summed E-state index contributed by atoms with van der Waals surface area (Å²) in [5.41, 5.74) is 0.226. The quantitative estimate of drug-likeness (QED) is 0.581. The first kappa shape index (κ1) is 11.0. The smallest absolute Gasteiger partial charge is 0.0632 e. The second-order valence-corrected chi connectivity index (χ2v) is 5.42. The molecule has 1 aliphatic rings. The van der Waals surface area contributed by atoms with Crippen molar-refractivity contribution in [1.29, 1.82) is 0 Å². The minimum absolute atomic E-state index is 0.00917. The fourth-order valence-electron chi connectivity index (χ4n) is 2.33. The van der Waals surface area contributed by atoms with E-state index in [-0.39, 0.29) is 11.0 Å². The highest BCUT2D eigenvalue weighted by atomic mass is 16.5. The fraction of sp³-hybridized carbons (Fsp3) is 1.00. The lowest BCUT2D eigenvalue weighted by molar-refractivity contribution is -0.0771. The van der Waals surface area contributed by atoms with Crippen LogP contribution in [0.4, 0.5) is 0 Å². The van der Waals surface area contributed by atoms with E-state index < -0.39 is 0 Å². The number of hydrogen-bond donors (Lipinski definition) is 1. The van der Waals surface area contributed by atoms with Gasteiger partial charge in [-0.2, -0.15) is 0 Å². The first-order valence-corrected chi connectivity index (χ1v) is 4.94. The van der Waals surface area contributed by atoms with Crippen molar-refractivity contribution in [3.8, 4) is 0 Å². The van der Waals surface area contributed by atoms with E-state index in [9.17, 15) is 0 Å². The van der Waals surface area contributed by atoms with Crippen LogP contribution in [0.15, 0.2) is 0 Å². The molecule has 1 fully saturated rings. The molecule has 0 amide bonds. The van der Waals surface area contributed by atoms with Gasteiger partial charge < -0.3 is 4.74 Å². The summed E-state index contributed by atoms with van der Waals surface area (Å²) in [6, 6.07) is 0. The monoisotopic (exact) mass is 186 g/mol. The van der Waals surface area contributed by atoms with Crippen LogP contribution in [0, 0.1) is 5.41 Å². The molecule has 3 heteroatoms. The zero-order valence-electron chi connectivity index (χ0n) is 9.26. The maximum absolute atomic E-state index is 5.82. The van der Waals surface area contributed by atoms with Crippen molar-refractivity contribution in [1.82, 2.24) is 5.01 Å². The Bertz CT molecular complexity index is 178. The second-order valence-electron chi connectivity index (χ2n) is 5.42. The summed E-state index contributed by atoms with van der Waals surface area (Å²) in [4.78, 5) is 0. The van der Waals surface area contributed by atoms with Gasteiger partial charge in [-0.15, -0.1) is 0 Å². The van der Waals surface area contributed by atoms with Gasteiger partial charge >= 0.3 is 0 Å². The molecule has 1 rings (SSSR count). The third kappa shape index (κ3) is 3.63. The third-order valence-corrected chi connectivity index (χ3v) is 2.41. The zero-order chi connectivity index (χ0) is 10.1. The van der Waals surface area contributed by atoms with E-state index in [0.717, 1.165) is 26.1 Å². The van der Waals surface area contributed by atoms with Crippen LogP contribution in [0.25, 0.3) is 0 Å². The average molecular weight is 186 g/mol. The van der Waals surface area contributed by atoms with Crippen LogP contribution in [-0.4, -0.2) is 30.3 Å². The molecule has 0 aromatic carbocycles. The molecular weight excluding hydrogens is 164 g/mol. The van der Waals surface area contributed by atoms with E-state index in [2.05, 4.69) is 27.7 Å². The molecular formula is C10H22N2O. The van der Waals surface area contributed by atoms with Crippen LogP contribution in [-0.2, 0) is 4.74 Å². The van der Waals surface area contributed by atoms with Gasteiger partial charge in [0.25, 0.3) is 0 Å². The number of nitrogens with two attached hydrogens (primary N) is 1. The van der Waals surface area contributed by atoms with Gasteiger partial charge in [-0.25, -0.2) is 5.01 Å². The molecule has 13 heavy (non-hydrogen) atoms. The predicted octanol–water partition coefficient (Wildman–Crippen LogP) is 1.39. The minimum Gasteiger partial charge on any atom is -0.374 e. The van der Waals surface area contributed by atoms with Crippen molar-refractivity contribution in [3.63, 3.8) is 0 Å². The standard InChI is InChI=1S/C10H22N2O/c1-9(2)7-10(3,4)13-6-5-12(11)8-9/h5-8,11H2,1-4H3. The molecule has 1 aliphatic heterocycles. The topological polar surface area (TPSA) is 38.5 Å². The number of hydrazine groups is 1. The zero-order valence-corrected chi connectivity index (χ0v) is 9.26. The van der Waals surface area contributed by atoms with Gasteiger partial charge in [-0.3, -0.25) is 5.84 Å². The van der Waals surface area contributed by atoms with Crippen molar-refractivity contribution in [2.24, 2.45) is 11.3 Å². The Kier molecular flexibility index (Phi) is 3.00. The van der Waals surface area contributed by atoms with Gasteiger partial charge in [0.15, 0.2) is 0 Å². The highest BCUT2D eigenvalue weighted by molar-refractivity contribution is 4.83. The maximum Gasteiger partial charge on any atom is 0.0632 e. The molecule has 1 saturated heterocycles. The van der Waals surface area contributed by atoms with E-state index >= 15 is 0 Å². The summed E-state index contributed by atoms with van der Waals surface area (Å²) in [6.45, 7) is 11.3. The van der Waals surface area contributed by atoms with Gasteiger partial charge in [0.05, 0.1) is 12.2 Å². The Morgan fingerprint density at radius 3 is 2.46 bits per heavy atom. The average Bonchev–Trinajstić information content (AvgIpc) is 1.78. The van der Waals surface area contributed by atoms with Crippen molar-refractivity contribution in [2.75, 3.05) is 19.7 Å². The van der Waals surface area contributed by atoms with Gasteiger partial charge in [0, 0.05) is 13.1 Å². The summed E-state index contributed by atoms with van der Waals surface area (Å²) in [5.74, 6) is 5.82. The number of ether oxygens (including phenoxy) is 1. The summed E-state index contributed by atoms with van der Waals surface area (Å²) in [5, 5.41) is 1.86. The van der Waals surface area contributed by atoms with E-state index in [0.29, 0.717) is 0 Å². The summed E-state index contributed by atoms with van der Waals surface area (Å²) < 4.78 is 5.75. The van der Waals surface area contributed by atoms with Crippen LogP contribution in [0.2, 0.25) is 0 Å². The van der Waals surface area contributed by atoms with E-state index in [1.54, 1.807) is 0 Å². The van der Waals surface area contributed by atoms with Gasteiger partial charge in [-0.05, 0) is 25.7 Å². The van der Waals surface area contributed by atoms with Crippen LogP contribution in [0.5, 0.6) is 0 Å². The molecule has 0 aromatic rings. The highest BCUT2D eigenvalue weighted by Gasteiger charge is 2.32. The van der Waals surface area contributed by atoms with Gasteiger partial charge in [0.1, 0.15) is 0 Å². The summed E-state index contributed by atoms with van der Waals surface area (Å²) in [6.07, 6.45) is 1.05. The lowest BCUT2D eigenvalue weighted by Crippen LogP contribution is -2.47. The van der Waals surface area contributed by atoms with Crippen molar-refractivity contribution in [2.45, 2.75) is 39.7 Å². The number of rotatable bonds is 0. The molecule has 0 spiro atoms. The molecule has 78 valence electrons. The van der Waals surface area contributed by atoms with Crippen LogP contribution < -0.4 is 5.84 Å². The molecule has 0 radical (unpaired) electrons. The molecule has 3 nitrogen and oxygen atoms in total. The Labute approximate surface area is 81.2 Å². The van der Waals surface area contributed by atoms with E-state index in [1.165, 1.54) is 0 Å². The maximum atomic E-state index is 5.82. The first-order valence-electron chi connectivity index (χ1n) is 4.94. The second kappa shape index (κ2) is 3.56. The Balaban J connectivity index is 2.65. The Hall–Kier alpha value is -0.120. The van der Waals surface area contributed by atoms with E-state index in [4.69, 9.17) is 10.6 Å². The number of nitrogens with zero attached hydrogens (tertiary/aromatic N) is 1. The fourth-order valence-corrected chi connectivity index (χ4v) is 2.33. The first-order chi connectivity index (χ1) is 5.81. The predicted molar refractivity (Wildman–Crippen MR) is 54.2 cm³/mol. The normalized spacial score (nSPS) is 29.3. The molecule has 0 bridgehead atoms. The van der Waals surface area contributed by atoms with Crippen molar-refractivity contribution in [3.05, 3.63) is 0 Å². The highest BCUT2D eigenvalue weighted by Crippen LogP contribution is 2.31. The SMILES string of the molecule is CC1(C)CN(N)CCOC(C)(C)C1. The van der Waals surface area contributed by atoms with Crippen molar-refractivity contribution < 1.29 is 4.74 Å². The van der Waals surface area contributed by atoms with E-state index in [1.807, 2.05) is 5.01 Å². The van der Waals surface area contributed by atoms with Gasteiger partial charge in [0.2, 0.25) is 0 Å². The van der Waals surface area contributed by atoms with Crippen LogP contribution in [0.3, 0.4) is 0 Å². The molecule has 0 aliphatic carbocycles. The number of hydrogen-bond acceptors (Lipinski definition) is 3. The molecule has 0 atom stereocenters.